The molecule has 1 aromatic rings. The van der Waals surface area contributed by atoms with E-state index in [0.29, 0.717) is 6.04 Å². The van der Waals surface area contributed by atoms with E-state index in [4.69, 9.17) is 5.84 Å². The first-order valence-electron chi connectivity index (χ1n) is 5.81. The van der Waals surface area contributed by atoms with Crippen LogP contribution in [0.1, 0.15) is 38.2 Å². The minimum atomic E-state index is 0.350. The van der Waals surface area contributed by atoms with Crippen molar-refractivity contribution in [3.8, 4) is 0 Å². The summed E-state index contributed by atoms with van der Waals surface area (Å²) in [6, 6.07) is 2.44. The van der Waals surface area contributed by atoms with E-state index >= 15 is 0 Å². The van der Waals surface area contributed by atoms with Crippen molar-refractivity contribution in [2.45, 2.75) is 45.1 Å². The van der Waals surface area contributed by atoms with Crippen molar-refractivity contribution in [1.82, 2.24) is 10.4 Å². The van der Waals surface area contributed by atoms with Gasteiger partial charge in [-0.15, -0.1) is 0 Å². The molecule has 3 N–H and O–H groups in total. The molecule has 1 unspecified atom stereocenters. The van der Waals surface area contributed by atoms with Gasteiger partial charge in [0.25, 0.3) is 0 Å². The maximum atomic E-state index is 5.56. The maximum absolute atomic E-state index is 5.56. The molecule has 0 saturated carbocycles. The molecule has 90 valence electrons. The molecular weight excluding hydrogens is 266 g/mol. The number of halogens is 1. The van der Waals surface area contributed by atoms with Gasteiger partial charge in [-0.25, -0.2) is 0 Å². The van der Waals surface area contributed by atoms with Crippen molar-refractivity contribution in [3.05, 3.63) is 28.5 Å². The summed E-state index contributed by atoms with van der Waals surface area (Å²) in [5, 5.41) is 0. The van der Waals surface area contributed by atoms with Gasteiger partial charge < -0.3 is 0 Å². The minimum absolute atomic E-state index is 0.350. The smallest absolute Gasteiger partial charge is 0.0410 e. The lowest BCUT2D eigenvalue weighted by atomic mass is 10.0. The van der Waals surface area contributed by atoms with Gasteiger partial charge in [-0.1, -0.05) is 26.2 Å². The van der Waals surface area contributed by atoms with Crippen LogP contribution in [0.15, 0.2) is 22.9 Å². The Hall–Kier alpha value is -0.450. The summed E-state index contributed by atoms with van der Waals surface area (Å²) in [5.74, 6) is 5.56. The van der Waals surface area contributed by atoms with Crippen LogP contribution in [0.5, 0.6) is 0 Å². The highest BCUT2D eigenvalue weighted by atomic mass is 79.9. The van der Waals surface area contributed by atoms with E-state index in [1.807, 2.05) is 6.20 Å². The molecule has 0 fully saturated rings. The van der Waals surface area contributed by atoms with Gasteiger partial charge in [-0.3, -0.25) is 16.3 Å². The molecule has 0 spiro atoms. The Morgan fingerprint density at radius 1 is 1.44 bits per heavy atom. The van der Waals surface area contributed by atoms with Crippen LogP contribution >= 0.6 is 15.9 Å². The molecule has 0 bridgehead atoms. The molecule has 0 aliphatic carbocycles. The SMILES string of the molecule is CCCCCC(Cc1cncc(Br)c1)NN. The largest absolute Gasteiger partial charge is 0.271 e. The molecule has 0 aliphatic heterocycles. The number of nitrogens with zero attached hydrogens (tertiary/aromatic N) is 1. The Kier molecular flexibility index (Phi) is 6.61. The number of nitrogens with two attached hydrogens (primary N) is 1. The monoisotopic (exact) mass is 285 g/mol. The second-order valence-corrected chi connectivity index (χ2v) is 4.99. The maximum Gasteiger partial charge on any atom is 0.0410 e. The predicted octanol–water partition coefficient (Wildman–Crippen LogP) is 2.80. The third-order valence-electron chi connectivity index (χ3n) is 2.64. The number of hydrazine groups is 1. The van der Waals surface area contributed by atoms with Crippen LogP contribution in [-0.2, 0) is 6.42 Å². The van der Waals surface area contributed by atoms with Crippen LogP contribution in [0, 0.1) is 0 Å². The van der Waals surface area contributed by atoms with Crippen LogP contribution in [-0.4, -0.2) is 11.0 Å². The average Bonchev–Trinajstić information content (AvgIpc) is 2.28. The Morgan fingerprint density at radius 2 is 2.25 bits per heavy atom. The van der Waals surface area contributed by atoms with Crippen LogP contribution < -0.4 is 11.3 Å². The summed E-state index contributed by atoms with van der Waals surface area (Å²) < 4.78 is 1.02. The van der Waals surface area contributed by atoms with Gasteiger partial charge in [-0.05, 0) is 40.4 Å². The van der Waals surface area contributed by atoms with Crippen LogP contribution in [0.4, 0.5) is 0 Å². The molecule has 16 heavy (non-hydrogen) atoms. The van der Waals surface area contributed by atoms with Crippen molar-refractivity contribution in [2.24, 2.45) is 5.84 Å². The Bertz CT molecular complexity index is 304. The Balaban J connectivity index is 2.43. The zero-order valence-electron chi connectivity index (χ0n) is 9.75. The van der Waals surface area contributed by atoms with Gasteiger partial charge in [0.1, 0.15) is 0 Å². The normalized spacial score (nSPS) is 12.7. The number of rotatable bonds is 7. The molecule has 0 aromatic carbocycles. The molecule has 1 atom stereocenters. The van der Waals surface area contributed by atoms with E-state index < -0.39 is 0 Å². The highest BCUT2D eigenvalue weighted by molar-refractivity contribution is 9.10. The molecule has 0 amide bonds. The zero-order valence-corrected chi connectivity index (χ0v) is 11.3. The van der Waals surface area contributed by atoms with E-state index in [9.17, 15) is 0 Å². The van der Waals surface area contributed by atoms with E-state index in [1.54, 1.807) is 6.20 Å². The summed E-state index contributed by atoms with van der Waals surface area (Å²) in [6.45, 7) is 2.21. The molecule has 0 radical (unpaired) electrons. The van der Waals surface area contributed by atoms with E-state index in [0.717, 1.165) is 17.3 Å². The lowest BCUT2D eigenvalue weighted by Crippen LogP contribution is -2.36. The van der Waals surface area contributed by atoms with Gasteiger partial charge in [0.05, 0.1) is 0 Å². The summed E-state index contributed by atoms with van der Waals surface area (Å²) in [7, 11) is 0. The number of unbranched alkanes of at least 4 members (excludes halogenated alkanes) is 2. The molecule has 3 nitrogen and oxygen atoms in total. The number of hydrogen-bond donors (Lipinski definition) is 2. The number of nitrogens with one attached hydrogen (secondary N) is 1. The van der Waals surface area contributed by atoms with Crippen molar-refractivity contribution in [3.63, 3.8) is 0 Å². The fourth-order valence-corrected chi connectivity index (χ4v) is 2.15. The highest BCUT2D eigenvalue weighted by Crippen LogP contribution is 2.13. The van der Waals surface area contributed by atoms with Crippen LogP contribution in [0.25, 0.3) is 0 Å². The second-order valence-electron chi connectivity index (χ2n) is 4.07. The third-order valence-corrected chi connectivity index (χ3v) is 3.07. The molecule has 1 heterocycles. The van der Waals surface area contributed by atoms with Crippen molar-refractivity contribution in [2.75, 3.05) is 0 Å². The van der Waals surface area contributed by atoms with Gasteiger partial charge in [-0.2, -0.15) is 0 Å². The topological polar surface area (TPSA) is 50.9 Å². The standard InChI is InChI=1S/C12H20BrN3/c1-2-3-4-5-12(16-14)7-10-6-11(13)9-15-8-10/h6,8-9,12,16H,2-5,7,14H2,1H3. The van der Waals surface area contributed by atoms with Crippen LogP contribution in [0.3, 0.4) is 0 Å². The quantitative estimate of drug-likeness (QED) is 0.460. The molecule has 1 aromatic heterocycles. The molecular formula is C12H20BrN3. The molecule has 0 saturated heterocycles. The van der Waals surface area contributed by atoms with Gasteiger partial charge in [0, 0.05) is 22.9 Å². The third kappa shape index (κ3) is 5.05. The van der Waals surface area contributed by atoms with Crippen molar-refractivity contribution in [1.29, 1.82) is 0 Å². The lowest BCUT2D eigenvalue weighted by Gasteiger charge is -2.15. The lowest BCUT2D eigenvalue weighted by molar-refractivity contribution is 0.466. The first-order valence-corrected chi connectivity index (χ1v) is 6.61. The van der Waals surface area contributed by atoms with Crippen LogP contribution in [0.2, 0.25) is 0 Å². The summed E-state index contributed by atoms with van der Waals surface area (Å²) in [4.78, 5) is 4.15. The fourth-order valence-electron chi connectivity index (χ4n) is 1.74. The first kappa shape index (κ1) is 13.6. The van der Waals surface area contributed by atoms with E-state index in [2.05, 4.69) is 39.3 Å². The van der Waals surface area contributed by atoms with Gasteiger partial charge >= 0.3 is 0 Å². The fraction of sp³-hybridized carbons (Fsp3) is 0.583. The minimum Gasteiger partial charge on any atom is -0.271 e. The summed E-state index contributed by atoms with van der Waals surface area (Å²) in [5.41, 5.74) is 4.10. The Labute approximate surface area is 106 Å². The number of pyridine rings is 1. The second kappa shape index (κ2) is 7.76. The number of aromatic nitrogens is 1. The van der Waals surface area contributed by atoms with E-state index in [-0.39, 0.29) is 0 Å². The molecule has 4 heteroatoms. The van der Waals surface area contributed by atoms with Gasteiger partial charge in [0.2, 0.25) is 0 Å². The summed E-state index contributed by atoms with van der Waals surface area (Å²) >= 11 is 3.42. The highest BCUT2D eigenvalue weighted by Gasteiger charge is 2.07. The summed E-state index contributed by atoms with van der Waals surface area (Å²) in [6.07, 6.45) is 9.50. The van der Waals surface area contributed by atoms with E-state index in [1.165, 1.54) is 24.8 Å². The predicted molar refractivity (Wildman–Crippen MR) is 70.9 cm³/mol. The van der Waals surface area contributed by atoms with Crippen molar-refractivity contribution < 1.29 is 0 Å². The average molecular weight is 286 g/mol. The zero-order chi connectivity index (χ0) is 11.8. The first-order chi connectivity index (χ1) is 7.76. The molecule has 1 rings (SSSR count). The number of hydrogen-bond acceptors (Lipinski definition) is 3. The Morgan fingerprint density at radius 3 is 2.88 bits per heavy atom. The van der Waals surface area contributed by atoms with Gasteiger partial charge in [0.15, 0.2) is 0 Å². The van der Waals surface area contributed by atoms with Crippen molar-refractivity contribution >= 4 is 15.9 Å². The molecule has 0 aliphatic rings.